The molecule has 1 atom stereocenters. The molecule has 1 amide bonds. The first kappa shape index (κ1) is 15.1. The average molecular weight is 273 g/mol. The minimum atomic E-state index is 0.0260. The third-order valence-electron chi connectivity index (χ3n) is 4.55. The zero-order chi connectivity index (χ0) is 14.4. The van der Waals surface area contributed by atoms with Gasteiger partial charge < -0.3 is 4.90 Å². The van der Waals surface area contributed by atoms with E-state index in [2.05, 4.69) is 30.9 Å². The quantitative estimate of drug-likeness (QED) is 0.780. The maximum absolute atomic E-state index is 12.9. The highest BCUT2D eigenvalue weighted by atomic mass is 16.2. The van der Waals surface area contributed by atoms with E-state index in [1.165, 1.54) is 32.1 Å². The summed E-state index contributed by atoms with van der Waals surface area (Å²) in [7, 11) is 0. The molecule has 1 aliphatic rings. The van der Waals surface area contributed by atoms with Crippen LogP contribution in [0.25, 0.3) is 0 Å². The summed E-state index contributed by atoms with van der Waals surface area (Å²) in [5, 5.41) is 0. The van der Waals surface area contributed by atoms with E-state index in [9.17, 15) is 4.79 Å². The normalized spacial score (nSPS) is 17.7. The fraction of sp³-hybridized carbons (Fsp3) is 0.611. The molecule has 2 nitrogen and oxygen atoms in total. The van der Waals surface area contributed by atoms with Gasteiger partial charge in [-0.2, -0.15) is 0 Å². The van der Waals surface area contributed by atoms with Gasteiger partial charge in [-0.3, -0.25) is 4.79 Å². The highest BCUT2D eigenvalue weighted by molar-refractivity contribution is 5.84. The third kappa shape index (κ3) is 3.41. The largest absolute Gasteiger partial charge is 0.339 e. The van der Waals surface area contributed by atoms with Crippen molar-refractivity contribution in [3.05, 3.63) is 35.9 Å². The summed E-state index contributed by atoms with van der Waals surface area (Å²) < 4.78 is 0. The Bertz CT molecular complexity index is 409. The molecule has 1 unspecified atom stereocenters. The lowest BCUT2D eigenvalue weighted by Gasteiger charge is -2.36. The topological polar surface area (TPSA) is 20.3 Å². The number of hydrogen-bond acceptors (Lipinski definition) is 1. The Labute approximate surface area is 123 Å². The SMILES string of the molecule is CCC(C(=O)N(CC)C1CCCCC1)c1ccccc1. The number of hydrogen-bond donors (Lipinski definition) is 0. The van der Waals surface area contributed by atoms with Crippen LogP contribution in [0.3, 0.4) is 0 Å². The Morgan fingerprint density at radius 1 is 1.15 bits per heavy atom. The van der Waals surface area contributed by atoms with Gasteiger partial charge in [0.25, 0.3) is 0 Å². The number of nitrogens with zero attached hydrogens (tertiary/aromatic N) is 1. The maximum atomic E-state index is 12.9. The Morgan fingerprint density at radius 2 is 1.80 bits per heavy atom. The molecule has 20 heavy (non-hydrogen) atoms. The molecule has 2 heteroatoms. The molecule has 1 saturated carbocycles. The second kappa shape index (κ2) is 7.47. The number of benzene rings is 1. The summed E-state index contributed by atoms with van der Waals surface area (Å²) in [5.41, 5.74) is 1.16. The predicted molar refractivity (Wildman–Crippen MR) is 83.7 cm³/mol. The third-order valence-corrected chi connectivity index (χ3v) is 4.55. The number of carbonyl (C=O) groups is 1. The van der Waals surface area contributed by atoms with Crippen LogP contribution in [-0.2, 0) is 4.79 Å². The minimum Gasteiger partial charge on any atom is -0.339 e. The van der Waals surface area contributed by atoms with Gasteiger partial charge in [0.05, 0.1) is 5.92 Å². The van der Waals surface area contributed by atoms with Crippen LogP contribution in [0, 0.1) is 0 Å². The van der Waals surface area contributed by atoms with E-state index in [0.29, 0.717) is 11.9 Å². The smallest absolute Gasteiger partial charge is 0.230 e. The zero-order valence-electron chi connectivity index (χ0n) is 12.8. The van der Waals surface area contributed by atoms with Gasteiger partial charge in [0.1, 0.15) is 0 Å². The second-order valence-electron chi connectivity index (χ2n) is 5.79. The van der Waals surface area contributed by atoms with Crippen LogP contribution in [0.5, 0.6) is 0 Å². The van der Waals surface area contributed by atoms with Crippen LogP contribution in [0.1, 0.15) is 63.9 Å². The van der Waals surface area contributed by atoms with E-state index in [0.717, 1.165) is 18.5 Å². The predicted octanol–water partition coefficient (Wildman–Crippen LogP) is 4.36. The molecule has 2 rings (SSSR count). The van der Waals surface area contributed by atoms with Crippen molar-refractivity contribution in [1.29, 1.82) is 0 Å². The van der Waals surface area contributed by atoms with Gasteiger partial charge in [-0.05, 0) is 31.7 Å². The molecule has 1 fully saturated rings. The van der Waals surface area contributed by atoms with Gasteiger partial charge in [-0.15, -0.1) is 0 Å². The standard InChI is InChI=1S/C18H27NO/c1-3-17(15-11-7-5-8-12-15)18(20)19(4-2)16-13-9-6-10-14-16/h5,7-8,11-12,16-17H,3-4,6,9-10,13-14H2,1-2H3. The summed E-state index contributed by atoms with van der Waals surface area (Å²) in [6.45, 7) is 5.07. The molecule has 0 N–H and O–H groups in total. The van der Waals surface area contributed by atoms with Crippen LogP contribution >= 0.6 is 0 Å². The molecule has 0 aliphatic heterocycles. The van der Waals surface area contributed by atoms with Crippen molar-refractivity contribution in [1.82, 2.24) is 4.90 Å². The fourth-order valence-corrected chi connectivity index (χ4v) is 3.43. The lowest BCUT2D eigenvalue weighted by Crippen LogP contribution is -2.43. The van der Waals surface area contributed by atoms with Crippen molar-refractivity contribution in [2.45, 2.75) is 64.3 Å². The molecule has 110 valence electrons. The lowest BCUT2D eigenvalue weighted by atomic mass is 9.90. The van der Waals surface area contributed by atoms with E-state index < -0.39 is 0 Å². The van der Waals surface area contributed by atoms with Crippen molar-refractivity contribution in [3.8, 4) is 0 Å². The molecule has 1 aliphatic carbocycles. The molecule has 0 radical (unpaired) electrons. The molecule has 1 aromatic carbocycles. The molecule has 0 aromatic heterocycles. The van der Waals surface area contributed by atoms with Gasteiger partial charge in [-0.25, -0.2) is 0 Å². The molecule has 1 aromatic rings. The van der Waals surface area contributed by atoms with Crippen LogP contribution < -0.4 is 0 Å². The summed E-state index contributed by atoms with van der Waals surface area (Å²) in [6.07, 6.45) is 7.13. The van der Waals surface area contributed by atoms with Gasteiger partial charge >= 0.3 is 0 Å². The van der Waals surface area contributed by atoms with Crippen molar-refractivity contribution in [3.63, 3.8) is 0 Å². The van der Waals surface area contributed by atoms with Crippen molar-refractivity contribution in [2.75, 3.05) is 6.54 Å². The van der Waals surface area contributed by atoms with Crippen molar-refractivity contribution in [2.24, 2.45) is 0 Å². The van der Waals surface area contributed by atoms with Gasteiger partial charge in [-0.1, -0.05) is 56.5 Å². The van der Waals surface area contributed by atoms with E-state index in [1.807, 2.05) is 18.2 Å². The highest BCUT2D eigenvalue weighted by Gasteiger charge is 2.29. The Morgan fingerprint density at radius 3 is 2.35 bits per heavy atom. The van der Waals surface area contributed by atoms with Crippen molar-refractivity contribution >= 4 is 5.91 Å². The summed E-state index contributed by atoms with van der Waals surface area (Å²) in [6, 6.07) is 10.7. The summed E-state index contributed by atoms with van der Waals surface area (Å²) in [5.74, 6) is 0.353. The van der Waals surface area contributed by atoms with Gasteiger partial charge in [0.15, 0.2) is 0 Å². The molecule has 0 spiro atoms. The zero-order valence-corrected chi connectivity index (χ0v) is 12.8. The monoisotopic (exact) mass is 273 g/mol. The van der Waals surface area contributed by atoms with E-state index in [-0.39, 0.29) is 5.92 Å². The van der Waals surface area contributed by atoms with E-state index in [1.54, 1.807) is 0 Å². The molecule has 0 bridgehead atoms. The fourth-order valence-electron chi connectivity index (χ4n) is 3.43. The van der Waals surface area contributed by atoms with Crippen LogP contribution in [0.15, 0.2) is 30.3 Å². The summed E-state index contributed by atoms with van der Waals surface area (Å²) in [4.78, 5) is 15.1. The van der Waals surface area contributed by atoms with E-state index >= 15 is 0 Å². The van der Waals surface area contributed by atoms with Crippen molar-refractivity contribution < 1.29 is 4.79 Å². The minimum absolute atomic E-state index is 0.0260. The van der Waals surface area contributed by atoms with Crippen LogP contribution in [0.2, 0.25) is 0 Å². The number of carbonyl (C=O) groups excluding carboxylic acids is 1. The van der Waals surface area contributed by atoms with Gasteiger partial charge in [0.2, 0.25) is 5.91 Å². The first-order valence-electron chi connectivity index (χ1n) is 8.13. The number of likely N-dealkylation sites (N-methyl/N-ethyl adjacent to an activating group) is 1. The molecular weight excluding hydrogens is 246 g/mol. The molecule has 0 heterocycles. The first-order valence-corrected chi connectivity index (χ1v) is 8.13. The molecular formula is C18H27NO. The average Bonchev–Trinajstić information content (AvgIpc) is 2.51. The summed E-state index contributed by atoms with van der Waals surface area (Å²) >= 11 is 0. The van der Waals surface area contributed by atoms with E-state index in [4.69, 9.17) is 0 Å². The van der Waals surface area contributed by atoms with Crippen LogP contribution in [-0.4, -0.2) is 23.4 Å². The first-order chi connectivity index (χ1) is 9.77. The number of rotatable bonds is 5. The maximum Gasteiger partial charge on any atom is 0.230 e. The lowest BCUT2D eigenvalue weighted by molar-refractivity contribution is -0.135. The Hall–Kier alpha value is -1.31. The van der Waals surface area contributed by atoms with Gasteiger partial charge in [0, 0.05) is 12.6 Å². The Kier molecular flexibility index (Phi) is 5.63. The number of amides is 1. The molecule has 0 saturated heterocycles. The second-order valence-corrected chi connectivity index (χ2v) is 5.79. The highest BCUT2D eigenvalue weighted by Crippen LogP contribution is 2.28. The Balaban J connectivity index is 2.13. The van der Waals surface area contributed by atoms with Crippen LogP contribution in [0.4, 0.5) is 0 Å².